The van der Waals surface area contributed by atoms with E-state index in [1.807, 2.05) is 54.0 Å². The summed E-state index contributed by atoms with van der Waals surface area (Å²) in [5, 5.41) is 0.901. The van der Waals surface area contributed by atoms with Crippen LogP contribution in [0.25, 0.3) is 27.9 Å². The zero-order valence-corrected chi connectivity index (χ0v) is 17.6. The molecule has 1 aliphatic rings. The van der Waals surface area contributed by atoms with Crippen LogP contribution in [-0.2, 0) is 0 Å². The number of aryl methyl sites for hydroxylation is 1. The van der Waals surface area contributed by atoms with Gasteiger partial charge in [-0.1, -0.05) is 6.07 Å². The number of fused-ring (bicyclic) bond motifs is 2. The van der Waals surface area contributed by atoms with E-state index in [1.54, 1.807) is 0 Å². The molecule has 3 aromatic heterocycles. The molecule has 0 spiro atoms. The van der Waals surface area contributed by atoms with Gasteiger partial charge in [0.05, 0.1) is 11.3 Å². The van der Waals surface area contributed by atoms with Crippen LogP contribution in [0.1, 0.15) is 18.4 Å². The van der Waals surface area contributed by atoms with Crippen molar-refractivity contribution in [3.63, 3.8) is 0 Å². The van der Waals surface area contributed by atoms with E-state index >= 15 is 0 Å². The lowest BCUT2D eigenvalue weighted by atomic mass is 10.0. The molecule has 0 N–H and O–H groups in total. The van der Waals surface area contributed by atoms with Gasteiger partial charge in [-0.2, -0.15) is 0 Å². The van der Waals surface area contributed by atoms with Crippen molar-refractivity contribution in [1.29, 1.82) is 0 Å². The second-order valence-corrected chi connectivity index (χ2v) is 8.41. The van der Waals surface area contributed by atoms with E-state index < -0.39 is 0 Å². The van der Waals surface area contributed by atoms with E-state index in [1.165, 1.54) is 0 Å². The van der Waals surface area contributed by atoms with Crippen LogP contribution in [0.4, 0.5) is 5.69 Å². The number of rotatable bonds is 3. The molecule has 4 heterocycles. The normalized spacial score (nSPS) is 15.8. The number of likely N-dealkylation sites (tertiary alicyclic amines) is 1. The molecule has 6 nitrogen and oxygen atoms in total. The van der Waals surface area contributed by atoms with E-state index in [4.69, 9.17) is 4.42 Å². The maximum absolute atomic E-state index is 12.8. The molecule has 0 unspecified atom stereocenters. The molecule has 1 aliphatic heterocycles. The Balaban J connectivity index is 1.50. The third-order valence-corrected chi connectivity index (χ3v) is 6.24. The topological polar surface area (TPSA) is 54.0 Å². The molecule has 0 bridgehead atoms. The van der Waals surface area contributed by atoms with Crippen molar-refractivity contribution in [2.24, 2.45) is 0 Å². The largest absolute Gasteiger partial charge is 0.422 e. The minimum atomic E-state index is -0.360. The van der Waals surface area contributed by atoms with Gasteiger partial charge in [0.1, 0.15) is 11.2 Å². The van der Waals surface area contributed by atoms with Gasteiger partial charge < -0.3 is 18.6 Å². The highest BCUT2D eigenvalue weighted by Gasteiger charge is 2.21. The molecular weight excluding hydrogens is 376 g/mol. The molecule has 0 atom stereocenters. The van der Waals surface area contributed by atoms with Crippen molar-refractivity contribution in [3.05, 3.63) is 64.8 Å². The Morgan fingerprint density at radius 2 is 1.90 bits per heavy atom. The van der Waals surface area contributed by atoms with Gasteiger partial charge in [0.2, 0.25) is 0 Å². The summed E-state index contributed by atoms with van der Waals surface area (Å²) in [5.74, 6) is 0. The van der Waals surface area contributed by atoms with Crippen molar-refractivity contribution in [1.82, 2.24) is 14.3 Å². The zero-order valence-electron chi connectivity index (χ0n) is 17.6. The second kappa shape index (κ2) is 7.29. The molecule has 1 aromatic carbocycles. The van der Waals surface area contributed by atoms with Crippen LogP contribution in [0.3, 0.4) is 0 Å². The molecule has 1 fully saturated rings. The zero-order chi connectivity index (χ0) is 20.8. The lowest BCUT2D eigenvalue weighted by molar-refractivity contribution is 0.253. The Kier molecular flexibility index (Phi) is 4.59. The first-order valence-corrected chi connectivity index (χ1v) is 10.4. The van der Waals surface area contributed by atoms with Crippen molar-refractivity contribution in [2.75, 3.05) is 32.1 Å². The van der Waals surface area contributed by atoms with Crippen molar-refractivity contribution in [2.45, 2.75) is 25.8 Å². The smallest absolute Gasteiger partial charge is 0.345 e. The average molecular weight is 402 g/mol. The summed E-state index contributed by atoms with van der Waals surface area (Å²) in [7, 11) is 4.30. The Morgan fingerprint density at radius 1 is 1.10 bits per heavy atom. The fraction of sp³-hybridized carbons (Fsp3) is 0.333. The van der Waals surface area contributed by atoms with Gasteiger partial charge in [0.25, 0.3) is 0 Å². The SMILES string of the molecule is Cc1ccc2nc(-c3cc4ccc(N(C)C5CCN(C)CC5)cc4oc3=O)cn2c1. The predicted molar refractivity (Wildman–Crippen MR) is 120 cm³/mol. The molecular formula is C24H26N4O2. The maximum atomic E-state index is 12.8. The molecule has 154 valence electrons. The molecule has 0 aliphatic carbocycles. The number of benzene rings is 1. The minimum absolute atomic E-state index is 0.360. The lowest BCUT2D eigenvalue weighted by Gasteiger charge is -2.36. The monoisotopic (exact) mass is 402 g/mol. The Labute approximate surface area is 175 Å². The third-order valence-electron chi connectivity index (χ3n) is 6.24. The fourth-order valence-electron chi connectivity index (χ4n) is 4.32. The van der Waals surface area contributed by atoms with E-state index in [0.29, 0.717) is 22.9 Å². The highest BCUT2D eigenvalue weighted by molar-refractivity contribution is 5.84. The number of imidazole rings is 1. The van der Waals surface area contributed by atoms with Gasteiger partial charge in [0, 0.05) is 42.6 Å². The molecule has 5 rings (SSSR count). The molecule has 6 heteroatoms. The molecule has 0 amide bonds. The van der Waals surface area contributed by atoms with E-state index in [9.17, 15) is 4.79 Å². The summed E-state index contributed by atoms with van der Waals surface area (Å²) in [4.78, 5) is 22.0. The number of hydrogen-bond donors (Lipinski definition) is 0. The summed E-state index contributed by atoms with van der Waals surface area (Å²) >= 11 is 0. The van der Waals surface area contributed by atoms with Crippen molar-refractivity contribution >= 4 is 22.3 Å². The summed E-state index contributed by atoms with van der Waals surface area (Å²) < 4.78 is 7.66. The van der Waals surface area contributed by atoms with E-state index in [2.05, 4.69) is 34.9 Å². The third kappa shape index (κ3) is 3.37. The molecule has 30 heavy (non-hydrogen) atoms. The summed E-state index contributed by atoms with van der Waals surface area (Å²) in [5.41, 5.74) is 4.39. The highest BCUT2D eigenvalue weighted by atomic mass is 16.4. The first-order chi connectivity index (χ1) is 14.5. The summed E-state index contributed by atoms with van der Waals surface area (Å²) in [6.07, 6.45) is 6.16. The maximum Gasteiger partial charge on any atom is 0.345 e. The number of aromatic nitrogens is 2. The number of anilines is 1. The van der Waals surface area contributed by atoms with Gasteiger partial charge >= 0.3 is 5.63 Å². The Hall–Kier alpha value is -3.12. The van der Waals surface area contributed by atoms with Crippen molar-refractivity contribution < 1.29 is 4.42 Å². The van der Waals surface area contributed by atoms with E-state index in [-0.39, 0.29) is 5.63 Å². The molecule has 0 saturated carbocycles. The van der Waals surface area contributed by atoms with Crippen molar-refractivity contribution in [3.8, 4) is 11.3 Å². The van der Waals surface area contributed by atoms with Gasteiger partial charge in [-0.15, -0.1) is 0 Å². The number of pyridine rings is 1. The minimum Gasteiger partial charge on any atom is -0.422 e. The molecule has 1 saturated heterocycles. The second-order valence-electron chi connectivity index (χ2n) is 8.41. The van der Waals surface area contributed by atoms with Gasteiger partial charge in [-0.3, -0.25) is 0 Å². The first-order valence-electron chi connectivity index (χ1n) is 10.4. The summed E-state index contributed by atoms with van der Waals surface area (Å²) in [6.45, 7) is 4.25. The number of piperidine rings is 1. The number of hydrogen-bond acceptors (Lipinski definition) is 5. The van der Waals surface area contributed by atoms with Crippen LogP contribution < -0.4 is 10.5 Å². The average Bonchev–Trinajstić information content (AvgIpc) is 3.15. The highest BCUT2D eigenvalue weighted by Crippen LogP contribution is 2.27. The van der Waals surface area contributed by atoms with Gasteiger partial charge in [-0.05, 0) is 69.7 Å². The lowest BCUT2D eigenvalue weighted by Crippen LogP contribution is -2.41. The Bertz CT molecular complexity index is 1280. The standard InChI is InChI=1S/C24H26N4O2/c1-16-4-7-23-25-21(15-28(23)14-16)20-12-17-5-6-19(13-22(17)30-24(20)29)27(3)18-8-10-26(2)11-9-18/h4-7,12-15,18H,8-11H2,1-3H3. The molecule has 4 aromatic rings. The quantitative estimate of drug-likeness (QED) is 0.486. The van der Waals surface area contributed by atoms with Crippen LogP contribution in [0.2, 0.25) is 0 Å². The van der Waals surface area contributed by atoms with Crippen LogP contribution in [0.15, 0.2) is 58.0 Å². The Morgan fingerprint density at radius 3 is 2.70 bits per heavy atom. The van der Waals surface area contributed by atoms with Crippen LogP contribution >= 0.6 is 0 Å². The van der Waals surface area contributed by atoms with Crippen LogP contribution in [-0.4, -0.2) is 47.5 Å². The van der Waals surface area contributed by atoms with Gasteiger partial charge in [0.15, 0.2) is 0 Å². The summed E-state index contributed by atoms with van der Waals surface area (Å²) in [6, 6.07) is 12.5. The number of nitrogens with zero attached hydrogens (tertiary/aromatic N) is 4. The molecule has 0 radical (unpaired) electrons. The first kappa shape index (κ1) is 18.9. The van der Waals surface area contributed by atoms with Crippen LogP contribution in [0.5, 0.6) is 0 Å². The van der Waals surface area contributed by atoms with Gasteiger partial charge in [-0.25, -0.2) is 9.78 Å². The van der Waals surface area contributed by atoms with E-state index in [0.717, 1.165) is 48.2 Å². The van der Waals surface area contributed by atoms with Crippen LogP contribution in [0, 0.1) is 6.92 Å². The predicted octanol–water partition coefficient (Wildman–Crippen LogP) is 3.95. The fourth-order valence-corrected chi connectivity index (χ4v) is 4.32.